The second kappa shape index (κ2) is 5.82. The molecule has 7 heteroatoms. The molecular formula is C7H16N2O4S. The van der Waals surface area contributed by atoms with Gasteiger partial charge in [0.25, 0.3) is 10.1 Å². The maximum absolute atomic E-state index is 10.9. The lowest BCUT2D eigenvalue weighted by atomic mass is 10.2. The molecular weight excluding hydrogens is 208 g/mol. The van der Waals surface area contributed by atoms with Crippen LogP contribution in [-0.4, -0.2) is 37.8 Å². The third-order valence-corrected chi connectivity index (χ3v) is 2.04. The van der Waals surface area contributed by atoms with E-state index in [1.807, 2.05) is 13.8 Å². The lowest BCUT2D eigenvalue weighted by molar-refractivity contribution is 0.240. The van der Waals surface area contributed by atoms with Gasteiger partial charge in [0.05, 0.1) is 5.75 Å². The highest BCUT2D eigenvalue weighted by molar-refractivity contribution is 7.85. The van der Waals surface area contributed by atoms with Crippen molar-refractivity contribution in [2.24, 2.45) is 5.92 Å². The van der Waals surface area contributed by atoms with Crippen molar-refractivity contribution in [3.63, 3.8) is 0 Å². The van der Waals surface area contributed by atoms with E-state index in [2.05, 4.69) is 10.6 Å². The maximum Gasteiger partial charge on any atom is 0.314 e. The highest BCUT2D eigenvalue weighted by Crippen LogP contribution is 1.86. The van der Waals surface area contributed by atoms with E-state index in [-0.39, 0.29) is 6.54 Å². The van der Waals surface area contributed by atoms with E-state index >= 15 is 0 Å². The van der Waals surface area contributed by atoms with Crippen molar-refractivity contribution in [3.05, 3.63) is 0 Å². The van der Waals surface area contributed by atoms with Crippen LogP contribution in [-0.2, 0) is 10.1 Å². The minimum absolute atomic E-state index is 0.0945. The number of carbonyl (C=O) groups is 1. The summed E-state index contributed by atoms with van der Waals surface area (Å²) in [6.07, 6.45) is 0. The van der Waals surface area contributed by atoms with Gasteiger partial charge in [0.2, 0.25) is 0 Å². The molecule has 0 rings (SSSR count). The summed E-state index contributed by atoms with van der Waals surface area (Å²) in [6, 6.07) is -0.428. The van der Waals surface area contributed by atoms with Gasteiger partial charge in [0.1, 0.15) is 0 Å². The number of urea groups is 1. The number of hydrogen-bond acceptors (Lipinski definition) is 3. The highest BCUT2D eigenvalue weighted by Gasteiger charge is 2.05. The third kappa shape index (κ3) is 9.27. The first-order valence-corrected chi connectivity index (χ1v) is 5.89. The molecule has 0 atom stereocenters. The largest absolute Gasteiger partial charge is 0.338 e. The fourth-order valence-electron chi connectivity index (χ4n) is 0.653. The molecule has 0 aliphatic heterocycles. The maximum atomic E-state index is 10.9. The SMILES string of the molecule is CC(C)CNC(=O)NCCS(=O)(=O)O. The van der Waals surface area contributed by atoms with Crippen LogP contribution in [0.2, 0.25) is 0 Å². The first-order chi connectivity index (χ1) is 6.31. The molecule has 0 heterocycles. The van der Waals surface area contributed by atoms with Crippen molar-refractivity contribution in [2.75, 3.05) is 18.8 Å². The quantitative estimate of drug-likeness (QED) is 0.565. The molecule has 0 saturated heterocycles. The van der Waals surface area contributed by atoms with Gasteiger partial charge in [-0.15, -0.1) is 0 Å². The molecule has 14 heavy (non-hydrogen) atoms. The summed E-state index contributed by atoms with van der Waals surface area (Å²) in [5.74, 6) is -0.135. The Bertz CT molecular complexity index is 273. The minimum atomic E-state index is -3.99. The molecule has 0 fully saturated rings. The van der Waals surface area contributed by atoms with Crippen LogP contribution in [0.5, 0.6) is 0 Å². The summed E-state index contributed by atoms with van der Waals surface area (Å²) < 4.78 is 28.9. The standard InChI is InChI=1S/C7H16N2O4S/c1-6(2)5-9-7(10)8-3-4-14(11,12)13/h6H,3-5H2,1-2H3,(H2,8,9,10)(H,11,12,13). The predicted molar refractivity (Wildman–Crippen MR) is 52.7 cm³/mol. The monoisotopic (exact) mass is 224 g/mol. The highest BCUT2D eigenvalue weighted by atomic mass is 32.2. The summed E-state index contributed by atoms with van der Waals surface area (Å²) in [6.45, 7) is 4.32. The average molecular weight is 224 g/mol. The van der Waals surface area contributed by atoms with E-state index < -0.39 is 21.9 Å². The number of hydrogen-bond donors (Lipinski definition) is 3. The first kappa shape index (κ1) is 13.2. The molecule has 2 amide bonds. The van der Waals surface area contributed by atoms with Crippen LogP contribution in [0.4, 0.5) is 4.79 Å². The Labute approximate surface area is 83.8 Å². The van der Waals surface area contributed by atoms with Gasteiger partial charge in [-0.25, -0.2) is 4.79 Å². The van der Waals surface area contributed by atoms with Gasteiger partial charge >= 0.3 is 6.03 Å². The van der Waals surface area contributed by atoms with Crippen molar-refractivity contribution < 1.29 is 17.8 Å². The Balaban J connectivity index is 3.55. The Hall–Kier alpha value is -0.820. The summed E-state index contributed by atoms with van der Waals surface area (Å²) in [7, 11) is -3.99. The molecule has 0 spiro atoms. The lowest BCUT2D eigenvalue weighted by Gasteiger charge is -2.08. The molecule has 6 nitrogen and oxygen atoms in total. The summed E-state index contributed by atoms with van der Waals surface area (Å²) in [5, 5.41) is 4.85. The van der Waals surface area contributed by atoms with Crippen LogP contribution >= 0.6 is 0 Å². The minimum Gasteiger partial charge on any atom is -0.338 e. The molecule has 0 aliphatic rings. The fraction of sp³-hybridized carbons (Fsp3) is 0.857. The van der Waals surface area contributed by atoms with Crippen molar-refractivity contribution >= 4 is 16.1 Å². The van der Waals surface area contributed by atoms with E-state index in [0.717, 1.165) is 0 Å². The predicted octanol–water partition coefficient (Wildman–Crippen LogP) is -0.171. The zero-order valence-electron chi connectivity index (χ0n) is 8.28. The molecule has 84 valence electrons. The van der Waals surface area contributed by atoms with E-state index in [0.29, 0.717) is 12.5 Å². The Morgan fingerprint density at radius 1 is 1.36 bits per heavy atom. The van der Waals surface area contributed by atoms with Gasteiger partial charge in [-0.05, 0) is 5.92 Å². The Morgan fingerprint density at radius 2 is 1.93 bits per heavy atom. The number of nitrogens with one attached hydrogen (secondary N) is 2. The average Bonchev–Trinajstić information content (AvgIpc) is 1.98. The molecule has 0 bridgehead atoms. The molecule has 0 aliphatic carbocycles. The molecule has 0 saturated carbocycles. The van der Waals surface area contributed by atoms with Gasteiger partial charge in [0, 0.05) is 13.1 Å². The third-order valence-electron chi connectivity index (χ3n) is 1.32. The zero-order chi connectivity index (χ0) is 11.2. The van der Waals surface area contributed by atoms with Crippen molar-refractivity contribution in [1.82, 2.24) is 10.6 Å². The second-order valence-electron chi connectivity index (χ2n) is 3.32. The van der Waals surface area contributed by atoms with Crippen molar-refractivity contribution in [1.29, 1.82) is 0 Å². The summed E-state index contributed by atoms with van der Waals surface area (Å²) in [5.41, 5.74) is 0. The number of carbonyl (C=O) groups excluding carboxylic acids is 1. The van der Waals surface area contributed by atoms with Crippen LogP contribution in [0.15, 0.2) is 0 Å². The van der Waals surface area contributed by atoms with Gasteiger partial charge in [0.15, 0.2) is 0 Å². The van der Waals surface area contributed by atoms with Gasteiger partial charge in [-0.3, -0.25) is 4.55 Å². The Morgan fingerprint density at radius 3 is 2.36 bits per heavy atom. The van der Waals surface area contributed by atoms with Crippen LogP contribution < -0.4 is 10.6 Å². The molecule has 0 aromatic rings. The topological polar surface area (TPSA) is 95.5 Å². The number of rotatable bonds is 5. The van der Waals surface area contributed by atoms with E-state index in [1.165, 1.54) is 0 Å². The molecule has 0 unspecified atom stereocenters. The Kier molecular flexibility index (Phi) is 5.47. The first-order valence-electron chi connectivity index (χ1n) is 4.28. The molecule has 0 aromatic heterocycles. The molecule has 0 radical (unpaired) electrons. The van der Waals surface area contributed by atoms with Crippen molar-refractivity contribution in [3.8, 4) is 0 Å². The van der Waals surface area contributed by atoms with Crippen LogP contribution in [0.3, 0.4) is 0 Å². The smallest absolute Gasteiger partial charge is 0.314 e. The van der Waals surface area contributed by atoms with E-state index in [1.54, 1.807) is 0 Å². The molecule has 0 aromatic carbocycles. The lowest BCUT2D eigenvalue weighted by Crippen LogP contribution is -2.39. The molecule has 3 N–H and O–H groups in total. The van der Waals surface area contributed by atoms with Gasteiger partial charge < -0.3 is 10.6 Å². The fourth-order valence-corrected chi connectivity index (χ4v) is 1.01. The normalized spacial score (nSPS) is 11.4. The van der Waals surface area contributed by atoms with Gasteiger partial charge in [-0.2, -0.15) is 8.42 Å². The van der Waals surface area contributed by atoms with Crippen molar-refractivity contribution in [2.45, 2.75) is 13.8 Å². The van der Waals surface area contributed by atoms with E-state index in [4.69, 9.17) is 4.55 Å². The summed E-state index contributed by atoms with van der Waals surface area (Å²) in [4.78, 5) is 10.9. The second-order valence-corrected chi connectivity index (χ2v) is 4.89. The van der Waals surface area contributed by atoms with Crippen LogP contribution in [0.1, 0.15) is 13.8 Å². The van der Waals surface area contributed by atoms with Crippen LogP contribution in [0.25, 0.3) is 0 Å². The zero-order valence-corrected chi connectivity index (χ0v) is 9.10. The van der Waals surface area contributed by atoms with Crippen LogP contribution in [0, 0.1) is 5.92 Å². The summed E-state index contributed by atoms with van der Waals surface area (Å²) >= 11 is 0. The van der Waals surface area contributed by atoms with E-state index in [9.17, 15) is 13.2 Å². The number of amides is 2. The van der Waals surface area contributed by atoms with Gasteiger partial charge in [-0.1, -0.05) is 13.8 Å².